The molecule has 0 N–H and O–H groups in total. The van der Waals surface area contributed by atoms with Crippen LogP contribution in [0.5, 0.6) is 0 Å². The molecule has 0 aliphatic heterocycles. The Balaban J connectivity index is 2.24. The van der Waals surface area contributed by atoms with Gasteiger partial charge >= 0.3 is 0 Å². The van der Waals surface area contributed by atoms with Gasteiger partial charge in [0.2, 0.25) is 0 Å². The van der Waals surface area contributed by atoms with Gasteiger partial charge < -0.3 is 0 Å². The van der Waals surface area contributed by atoms with Crippen LogP contribution in [-0.4, -0.2) is 20.2 Å². The van der Waals surface area contributed by atoms with Crippen LogP contribution in [-0.2, 0) is 7.05 Å². The third-order valence-corrected chi connectivity index (χ3v) is 2.26. The summed E-state index contributed by atoms with van der Waals surface area (Å²) in [6.07, 6.45) is 3.63. The van der Waals surface area contributed by atoms with E-state index in [9.17, 15) is 4.39 Å². The average Bonchev–Trinajstić information content (AvgIpc) is 2.66. The quantitative estimate of drug-likeness (QED) is 0.772. The van der Waals surface area contributed by atoms with Gasteiger partial charge in [-0.2, -0.15) is 0 Å². The Morgan fingerprint density at radius 1 is 1.31 bits per heavy atom. The smallest absolute Gasteiger partial charge is 0.174 e. The van der Waals surface area contributed by atoms with Gasteiger partial charge in [-0.3, -0.25) is 0 Å². The summed E-state index contributed by atoms with van der Waals surface area (Å²) in [7, 11) is 1.76. The highest BCUT2D eigenvalue weighted by atomic mass is 19.1. The zero-order valence-corrected chi connectivity index (χ0v) is 9.05. The summed E-state index contributed by atoms with van der Waals surface area (Å²) in [5.74, 6) is 0.458. The van der Waals surface area contributed by atoms with E-state index in [2.05, 4.69) is 15.5 Å². The predicted molar refractivity (Wildman–Crippen MR) is 58.9 cm³/mol. The summed E-state index contributed by atoms with van der Waals surface area (Å²) < 4.78 is 14.6. The standard InChI is InChI=1S/C11H11FN4/c1-8-7-9(3-5-10(8)12)4-6-11-13-14-15-16(11)2/h3-7H,1-2H3. The number of benzene rings is 1. The van der Waals surface area contributed by atoms with Crippen LogP contribution >= 0.6 is 0 Å². The van der Waals surface area contributed by atoms with Gasteiger partial charge in [-0.25, -0.2) is 9.07 Å². The molecule has 0 aliphatic carbocycles. The van der Waals surface area contributed by atoms with E-state index < -0.39 is 0 Å². The lowest BCUT2D eigenvalue weighted by Gasteiger charge is -1.97. The van der Waals surface area contributed by atoms with Crippen molar-refractivity contribution in [3.8, 4) is 0 Å². The Kier molecular flexibility index (Phi) is 2.76. The molecule has 2 rings (SSSR count). The summed E-state index contributed by atoms with van der Waals surface area (Å²) in [6.45, 7) is 1.73. The van der Waals surface area contributed by atoms with Crippen LogP contribution in [0.1, 0.15) is 17.0 Å². The Hall–Kier alpha value is -2.04. The zero-order valence-electron chi connectivity index (χ0n) is 9.05. The van der Waals surface area contributed by atoms with Gasteiger partial charge in [0, 0.05) is 7.05 Å². The summed E-state index contributed by atoms with van der Waals surface area (Å²) in [4.78, 5) is 0. The molecule has 0 spiro atoms. The van der Waals surface area contributed by atoms with Crippen LogP contribution in [0.3, 0.4) is 0 Å². The fourth-order valence-electron chi connectivity index (χ4n) is 1.32. The van der Waals surface area contributed by atoms with E-state index >= 15 is 0 Å². The third-order valence-electron chi connectivity index (χ3n) is 2.26. The van der Waals surface area contributed by atoms with E-state index in [4.69, 9.17) is 0 Å². The molecule has 0 atom stereocenters. The van der Waals surface area contributed by atoms with Crippen molar-refractivity contribution in [1.82, 2.24) is 20.2 Å². The number of aromatic nitrogens is 4. The van der Waals surface area contributed by atoms with E-state index in [1.165, 1.54) is 6.07 Å². The molecule has 0 bridgehead atoms. The first kappa shape index (κ1) is 10.5. The minimum atomic E-state index is -0.197. The Morgan fingerprint density at radius 2 is 2.12 bits per heavy atom. The number of aryl methyl sites for hydroxylation is 2. The molecular weight excluding hydrogens is 207 g/mol. The SMILES string of the molecule is Cc1cc(C=Cc2nnnn2C)ccc1F. The third kappa shape index (κ3) is 2.13. The molecule has 0 unspecified atom stereocenters. The molecule has 0 saturated carbocycles. The van der Waals surface area contributed by atoms with Gasteiger partial charge in [0.15, 0.2) is 5.82 Å². The highest BCUT2D eigenvalue weighted by molar-refractivity contribution is 5.66. The van der Waals surface area contributed by atoms with Gasteiger partial charge in [0.05, 0.1) is 0 Å². The van der Waals surface area contributed by atoms with E-state index in [1.54, 1.807) is 36.9 Å². The number of tetrazole rings is 1. The van der Waals surface area contributed by atoms with Crippen LogP contribution in [0.2, 0.25) is 0 Å². The van der Waals surface area contributed by atoms with Crippen LogP contribution in [0.15, 0.2) is 18.2 Å². The molecule has 1 aromatic heterocycles. The lowest BCUT2D eigenvalue weighted by Crippen LogP contribution is -1.93. The minimum absolute atomic E-state index is 0.197. The molecule has 4 nitrogen and oxygen atoms in total. The molecule has 0 saturated heterocycles. The maximum Gasteiger partial charge on any atom is 0.174 e. The molecule has 0 radical (unpaired) electrons. The van der Waals surface area contributed by atoms with Crippen molar-refractivity contribution in [3.05, 3.63) is 41.0 Å². The van der Waals surface area contributed by atoms with Crippen LogP contribution in [0.4, 0.5) is 4.39 Å². The monoisotopic (exact) mass is 218 g/mol. The first-order valence-corrected chi connectivity index (χ1v) is 4.83. The van der Waals surface area contributed by atoms with E-state index in [1.807, 2.05) is 6.08 Å². The van der Waals surface area contributed by atoms with Gasteiger partial charge in [0.1, 0.15) is 5.82 Å². The molecule has 2 aromatic rings. The van der Waals surface area contributed by atoms with Gasteiger partial charge in [-0.15, -0.1) is 5.10 Å². The summed E-state index contributed by atoms with van der Waals surface area (Å²) in [5, 5.41) is 11.0. The fraction of sp³-hybridized carbons (Fsp3) is 0.182. The molecule has 5 heteroatoms. The van der Waals surface area contributed by atoms with Crippen molar-refractivity contribution in [3.63, 3.8) is 0 Å². The molecule has 16 heavy (non-hydrogen) atoms. The molecular formula is C11H11FN4. The Bertz CT molecular complexity index is 531. The summed E-state index contributed by atoms with van der Waals surface area (Å²) in [5.41, 5.74) is 1.54. The molecule has 0 aliphatic rings. The largest absolute Gasteiger partial charge is 0.229 e. The predicted octanol–water partition coefficient (Wildman–Crippen LogP) is 1.83. The first-order chi connectivity index (χ1) is 7.66. The van der Waals surface area contributed by atoms with Crippen molar-refractivity contribution in [2.75, 3.05) is 0 Å². The number of rotatable bonds is 2. The lowest BCUT2D eigenvalue weighted by atomic mass is 10.1. The minimum Gasteiger partial charge on any atom is -0.229 e. The van der Waals surface area contributed by atoms with Gasteiger partial charge in [-0.05, 0) is 46.7 Å². The molecule has 0 fully saturated rings. The fourth-order valence-corrected chi connectivity index (χ4v) is 1.32. The van der Waals surface area contributed by atoms with Crippen LogP contribution < -0.4 is 0 Å². The Morgan fingerprint density at radius 3 is 2.75 bits per heavy atom. The van der Waals surface area contributed by atoms with Gasteiger partial charge in [0.25, 0.3) is 0 Å². The van der Waals surface area contributed by atoms with Gasteiger partial charge in [-0.1, -0.05) is 12.1 Å². The van der Waals surface area contributed by atoms with E-state index in [-0.39, 0.29) is 5.82 Å². The number of hydrogen-bond acceptors (Lipinski definition) is 3. The summed E-state index contributed by atoms with van der Waals surface area (Å²) >= 11 is 0. The highest BCUT2D eigenvalue weighted by Gasteiger charge is 1.98. The number of nitrogens with zero attached hydrogens (tertiary/aromatic N) is 4. The van der Waals surface area contributed by atoms with Crippen molar-refractivity contribution in [1.29, 1.82) is 0 Å². The number of hydrogen-bond donors (Lipinski definition) is 0. The molecule has 1 aromatic carbocycles. The second-order valence-electron chi connectivity index (χ2n) is 3.50. The van der Waals surface area contributed by atoms with Crippen molar-refractivity contribution < 1.29 is 4.39 Å². The van der Waals surface area contributed by atoms with E-state index in [0.29, 0.717) is 11.4 Å². The van der Waals surface area contributed by atoms with Crippen molar-refractivity contribution in [2.45, 2.75) is 6.92 Å². The van der Waals surface area contributed by atoms with Crippen LogP contribution in [0.25, 0.3) is 12.2 Å². The van der Waals surface area contributed by atoms with Crippen molar-refractivity contribution in [2.24, 2.45) is 7.05 Å². The lowest BCUT2D eigenvalue weighted by molar-refractivity contribution is 0.618. The van der Waals surface area contributed by atoms with Crippen LogP contribution in [0, 0.1) is 12.7 Å². The molecule has 82 valence electrons. The van der Waals surface area contributed by atoms with E-state index in [0.717, 1.165) is 5.56 Å². The second-order valence-corrected chi connectivity index (χ2v) is 3.50. The first-order valence-electron chi connectivity index (χ1n) is 4.83. The zero-order chi connectivity index (χ0) is 11.5. The maximum atomic E-state index is 13.0. The maximum absolute atomic E-state index is 13.0. The normalized spacial score (nSPS) is 11.2. The average molecular weight is 218 g/mol. The second kappa shape index (κ2) is 4.22. The highest BCUT2D eigenvalue weighted by Crippen LogP contribution is 2.11. The Labute approximate surface area is 92.4 Å². The molecule has 1 heterocycles. The topological polar surface area (TPSA) is 43.6 Å². The van der Waals surface area contributed by atoms with Crippen molar-refractivity contribution >= 4 is 12.2 Å². The molecule has 0 amide bonds. The number of halogens is 1. The summed E-state index contributed by atoms with van der Waals surface area (Å²) in [6, 6.07) is 4.93.